The second-order valence-electron chi connectivity index (χ2n) is 6.46. The van der Waals surface area contributed by atoms with E-state index in [-0.39, 0.29) is 0 Å². The van der Waals surface area contributed by atoms with Gasteiger partial charge in [0.1, 0.15) is 0 Å². The lowest BCUT2D eigenvalue weighted by molar-refractivity contribution is -0.146. The number of benzene rings is 2. The molecule has 3 rings (SSSR count). The number of aryl methyl sites for hydroxylation is 1. The van der Waals surface area contributed by atoms with Crippen LogP contribution in [0.2, 0.25) is 0 Å². The van der Waals surface area contributed by atoms with E-state index in [0.717, 1.165) is 30.8 Å². The van der Waals surface area contributed by atoms with Crippen molar-refractivity contribution in [1.82, 2.24) is 4.90 Å². The summed E-state index contributed by atoms with van der Waals surface area (Å²) in [5, 5.41) is 9.92. The second-order valence-corrected chi connectivity index (χ2v) is 6.46. The molecule has 0 spiro atoms. The van der Waals surface area contributed by atoms with E-state index >= 15 is 0 Å². The topological polar surface area (TPSA) is 40.5 Å². The van der Waals surface area contributed by atoms with Crippen LogP contribution in [0.15, 0.2) is 54.6 Å². The highest BCUT2D eigenvalue weighted by molar-refractivity contribution is 5.82. The van der Waals surface area contributed by atoms with Crippen LogP contribution in [0.4, 0.5) is 0 Å². The Balaban J connectivity index is 1.77. The highest BCUT2D eigenvalue weighted by Crippen LogP contribution is 2.37. The van der Waals surface area contributed by atoms with Crippen molar-refractivity contribution in [3.05, 3.63) is 71.3 Å². The normalized spacial score (nSPS) is 17.8. The molecule has 1 saturated heterocycles. The zero-order valence-electron chi connectivity index (χ0n) is 13.5. The molecule has 0 saturated carbocycles. The predicted octanol–water partition coefficient (Wildman–Crippen LogP) is 3.61. The Kier molecular flexibility index (Phi) is 4.49. The average Bonchev–Trinajstić information content (AvgIpc) is 2.57. The van der Waals surface area contributed by atoms with Gasteiger partial charge >= 0.3 is 5.97 Å². The predicted molar refractivity (Wildman–Crippen MR) is 91.4 cm³/mol. The van der Waals surface area contributed by atoms with Gasteiger partial charge < -0.3 is 5.11 Å². The van der Waals surface area contributed by atoms with Crippen molar-refractivity contribution >= 4 is 5.97 Å². The minimum Gasteiger partial charge on any atom is -0.481 e. The van der Waals surface area contributed by atoms with Crippen molar-refractivity contribution in [1.29, 1.82) is 0 Å². The van der Waals surface area contributed by atoms with Crippen molar-refractivity contribution in [3.8, 4) is 0 Å². The number of likely N-dealkylation sites (tertiary alicyclic amines) is 1. The van der Waals surface area contributed by atoms with Crippen molar-refractivity contribution in [2.75, 3.05) is 13.1 Å². The monoisotopic (exact) mass is 309 g/mol. The third kappa shape index (κ3) is 3.15. The summed E-state index contributed by atoms with van der Waals surface area (Å²) in [6.45, 7) is 4.53. The fourth-order valence-corrected chi connectivity index (χ4v) is 3.64. The zero-order valence-corrected chi connectivity index (χ0v) is 13.5. The molecule has 1 aliphatic rings. The van der Waals surface area contributed by atoms with E-state index in [9.17, 15) is 9.90 Å². The summed E-state index contributed by atoms with van der Waals surface area (Å²) in [6, 6.07) is 18.3. The fourth-order valence-electron chi connectivity index (χ4n) is 3.64. The molecular formula is C20H23NO2. The van der Waals surface area contributed by atoms with E-state index in [4.69, 9.17) is 0 Å². The molecule has 120 valence electrons. The number of hydrogen-bond donors (Lipinski definition) is 1. The summed E-state index contributed by atoms with van der Waals surface area (Å²) in [4.78, 5) is 14.4. The summed E-state index contributed by atoms with van der Waals surface area (Å²) in [5.74, 6) is -0.689. The van der Waals surface area contributed by atoms with Gasteiger partial charge in [0.2, 0.25) is 0 Å². The summed E-state index contributed by atoms with van der Waals surface area (Å²) < 4.78 is 0. The molecule has 23 heavy (non-hydrogen) atoms. The highest BCUT2D eigenvalue weighted by atomic mass is 16.4. The lowest BCUT2D eigenvalue weighted by Crippen LogP contribution is -2.47. The van der Waals surface area contributed by atoms with E-state index in [0.29, 0.717) is 12.8 Å². The van der Waals surface area contributed by atoms with Crippen LogP contribution in [-0.4, -0.2) is 29.1 Å². The molecule has 0 amide bonds. The number of carboxylic acids is 1. The average molecular weight is 309 g/mol. The fraction of sp³-hybridized carbons (Fsp3) is 0.350. The minimum absolute atomic E-state index is 0.667. The van der Waals surface area contributed by atoms with Gasteiger partial charge in [0.25, 0.3) is 0 Å². The van der Waals surface area contributed by atoms with Crippen molar-refractivity contribution in [3.63, 3.8) is 0 Å². The van der Waals surface area contributed by atoms with Crippen LogP contribution in [0.1, 0.15) is 29.5 Å². The first-order valence-electron chi connectivity index (χ1n) is 8.18. The van der Waals surface area contributed by atoms with Gasteiger partial charge in [-0.1, -0.05) is 54.6 Å². The van der Waals surface area contributed by atoms with Crippen LogP contribution in [0.5, 0.6) is 0 Å². The minimum atomic E-state index is -0.738. The van der Waals surface area contributed by atoms with Gasteiger partial charge in [0.15, 0.2) is 0 Å². The highest BCUT2D eigenvalue weighted by Gasteiger charge is 2.43. The lowest BCUT2D eigenvalue weighted by Gasteiger charge is -2.40. The molecule has 2 aromatic rings. The van der Waals surface area contributed by atoms with Gasteiger partial charge in [-0.3, -0.25) is 9.69 Å². The molecule has 1 fully saturated rings. The molecule has 1 N–H and O–H groups in total. The number of hydrogen-bond acceptors (Lipinski definition) is 2. The van der Waals surface area contributed by atoms with Crippen LogP contribution in [0, 0.1) is 6.92 Å². The SMILES string of the molecule is Cc1ccccc1C1(C(=O)O)CCN(Cc2ccccc2)CC1. The number of carbonyl (C=O) groups is 1. The Hall–Kier alpha value is -2.13. The van der Waals surface area contributed by atoms with Gasteiger partial charge in [-0.25, -0.2) is 0 Å². The summed E-state index contributed by atoms with van der Waals surface area (Å²) in [5.41, 5.74) is 2.60. The van der Waals surface area contributed by atoms with E-state index < -0.39 is 11.4 Å². The van der Waals surface area contributed by atoms with E-state index in [1.165, 1.54) is 5.56 Å². The lowest BCUT2D eigenvalue weighted by atomic mass is 9.71. The second kappa shape index (κ2) is 6.55. The molecule has 0 aliphatic carbocycles. The molecule has 2 aromatic carbocycles. The Labute approximate surface area is 137 Å². The Morgan fingerprint density at radius 3 is 2.26 bits per heavy atom. The maximum Gasteiger partial charge on any atom is 0.314 e. The molecule has 3 nitrogen and oxygen atoms in total. The van der Waals surface area contributed by atoms with Gasteiger partial charge in [-0.05, 0) is 49.5 Å². The number of rotatable bonds is 4. The Morgan fingerprint density at radius 1 is 1.04 bits per heavy atom. The standard InChI is InChI=1S/C20H23NO2/c1-16-7-5-6-10-18(16)20(19(22)23)11-13-21(14-12-20)15-17-8-3-2-4-9-17/h2-10H,11-15H2,1H3,(H,22,23). The van der Waals surface area contributed by atoms with Crippen LogP contribution >= 0.6 is 0 Å². The van der Waals surface area contributed by atoms with Crippen LogP contribution in [-0.2, 0) is 16.8 Å². The molecule has 0 bridgehead atoms. The first kappa shape index (κ1) is 15.8. The third-order valence-corrected chi connectivity index (χ3v) is 5.03. The smallest absolute Gasteiger partial charge is 0.314 e. The number of piperidine rings is 1. The van der Waals surface area contributed by atoms with Gasteiger partial charge in [-0.2, -0.15) is 0 Å². The molecule has 0 unspecified atom stereocenters. The molecule has 1 heterocycles. The Morgan fingerprint density at radius 2 is 1.65 bits per heavy atom. The van der Waals surface area contributed by atoms with Gasteiger partial charge in [0, 0.05) is 6.54 Å². The molecular weight excluding hydrogens is 286 g/mol. The third-order valence-electron chi connectivity index (χ3n) is 5.03. The largest absolute Gasteiger partial charge is 0.481 e. The van der Waals surface area contributed by atoms with E-state index in [2.05, 4.69) is 17.0 Å². The summed E-state index contributed by atoms with van der Waals surface area (Å²) in [7, 11) is 0. The molecule has 0 atom stereocenters. The number of carboxylic acid groups (broad SMARTS) is 1. The van der Waals surface area contributed by atoms with Crippen molar-refractivity contribution < 1.29 is 9.90 Å². The summed E-state index contributed by atoms with van der Waals surface area (Å²) >= 11 is 0. The summed E-state index contributed by atoms with van der Waals surface area (Å²) in [6.07, 6.45) is 1.33. The maximum absolute atomic E-state index is 12.1. The van der Waals surface area contributed by atoms with Crippen LogP contribution < -0.4 is 0 Å². The number of nitrogens with zero attached hydrogens (tertiary/aromatic N) is 1. The zero-order chi connectivity index (χ0) is 16.3. The van der Waals surface area contributed by atoms with Gasteiger partial charge in [0.05, 0.1) is 5.41 Å². The number of aliphatic carboxylic acids is 1. The molecule has 1 aliphatic heterocycles. The molecule has 3 heteroatoms. The van der Waals surface area contributed by atoms with Gasteiger partial charge in [-0.15, -0.1) is 0 Å². The first-order chi connectivity index (χ1) is 11.1. The molecule has 0 aromatic heterocycles. The quantitative estimate of drug-likeness (QED) is 0.938. The Bertz CT molecular complexity index is 673. The molecule has 0 radical (unpaired) electrons. The van der Waals surface area contributed by atoms with Crippen molar-refractivity contribution in [2.24, 2.45) is 0 Å². The van der Waals surface area contributed by atoms with E-state index in [1.807, 2.05) is 49.4 Å². The van der Waals surface area contributed by atoms with Crippen LogP contribution in [0.3, 0.4) is 0 Å². The van der Waals surface area contributed by atoms with E-state index in [1.54, 1.807) is 0 Å². The maximum atomic E-state index is 12.1. The first-order valence-corrected chi connectivity index (χ1v) is 8.18. The van der Waals surface area contributed by atoms with Crippen LogP contribution in [0.25, 0.3) is 0 Å². The van der Waals surface area contributed by atoms with Crippen molar-refractivity contribution in [2.45, 2.75) is 31.7 Å².